The Morgan fingerprint density at radius 1 is 1.10 bits per heavy atom. The van der Waals surface area contributed by atoms with Crippen LogP contribution in [0.25, 0.3) is 10.2 Å². The molecule has 0 aliphatic carbocycles. The van der Waals surface area contributed by atoms with Gasteiger partial charge in [0.2, 0.25) is 5.91 Å². The van der Waals surface area contributed by atoms with E-state index in [1.807, 2.05) is 25.1 Å². The van der Waals surface area contributed by atoms with Crippen LogP contribution in [-0.4, -0.2) is 53.5 Å². The van der Waals surface area contributed by atoms with Gasteiger partial charge in [-0.15, -0.1) is 11.3 Å². The highest BCUT2D eigenvalue weighted by Gasteiger charge is 2.24. The summed E-state index contributed by atoms with van der Waals surface area (Å²) in [5, 5.41) is 4.27. The summed E-state index contributed by atoms with van der Waals surface area (Å²) in [6, 6.07) is 8.01. The molecule has 6 nitrogen and oxygen atoms in total. The van der Waals surface area contributed by atoms with Gasteiger partial charge in [-0.1, -0.05) is 25.1 Å². The monoisotopic (exact) mass is 423 g/mol. The highest BCUT2D eigenvalue weighted by atomic mass is 32.1. The molecule has 1 saturated heterocycles. The molecule has 1 fully saturated rings. The number of rotatable bonds is 5. The first-order chi connectivity index (χ1) is 14.5. The van der Waals surface area contributed by atoms with Crippen LogP contribution in [0.3, 0.4) is 0 Å². The molecule has 3 heterocycles. The lowest BCUT2D eigenvalue weighted by atomic mass is 10.1. The van der Waals surface area contributed by atoms with E-state index >= 15 is 0 Å². The smallest absolute Gasteiger partial charge is 0.238 e. The lowest BCUT2D eigenvalue weighted by Gasteiger charge is -2.35. The number of nitrogens with one attached hydrogen (secondary N) is 1. The Morgan fingerprint density at radius 3 is 2.57 bits per heavy atom. The molecule has 158 valence electrons. The third-order valence-corrected chi connectivity index (χ3v) is 6.93. The first-order valence-electron chi connectivity index (χ1n) is 10.6. The van der Waals surface area contributed by atoms with Crippen LogP contribution in [0.2, 0.25) is 0 Å². The predicted octanol–water partition coefficient (Wildman–Crippen LogP) is 3.94. The maximum absolute atomic E-state index is 12.6. The fraction of sp³-hybridized carbons (Fsp3) is 0.435. The van der Waals surface area contributed by atoms with Crippen LogP contribution in [0.4, 0.5) is 11.5 Å². The molecule has 0 atom stereocenters. The number of nitrogens with zero attached hydrogens (tertiary/aromatic N) is 4. The van der Waals surface area contributed by atoms with Gasteiger partial charge < -0.3 is 10.2 Å². The number of aryl methyl sites for hydroxylation is 4. The summed E-state index contributed by atoms with van der Waals surface area (Å²) in [6.07, 6.45) is 0.906. The molecule has 30 heavy (non-hydrogen) atoms. The third-order valence-electron chi connectivity index (χ3n) is 5.83. The van der Waals surface area contributed by atoms with Crippen molar-refractivity contribution < 1.29 is 4.79 Å². The van der Waals surface area contributed by atoms with Crippen molar-refractivity contribution in [1.82, 2.24) is 14.9 Å². The van der Waals surface area contributed by atoms with Crippen LogP contribution in [0.5, 0.6) is 0 Å². The molecule has 4 rings (SSSR count). The van der Waals surface area contributed by atoms with Gasteiger partial charge in [-0.2, -0.15) is 0 Å². The second-order valence-corrected chi connectivity index (χ2v) is 9.08. The van der Waals surface area contributed by atoms with Crippen LogP contribution in [-0.2, 0) is 11.2 Å². The van der Waals surface area contributed by atoms with Gasteiger partial charge in [0.1, 0.15) is 16.5 Å². The average Bonchev–Trinajstić information content (AvgIpc) is 3.01. The minimum Gasteiger partial charge on any atom is -0.353 e. The van der Waals surface area contributed by atoms with E-state index in [0.29, 0.717) is 6.54 Å². The van der Waals surface area contributed by atoms with Gasteiger partial charge in [0.15, 0.2) is 0 Å². The van der Waals surface area contributed by atoms with E-state index in [1.165, 1.54) is 21.4 Å². The predicted molar refractivity (Wildman–Crippen MR) is 125 cm³/mol. The summed E-state index contributed by atoms with van der Waals surface area (Å²) >= 11 is 1.74. The molecule has 1 aliphatic rings. The minimum atomic E-state index is 0.0499. The van der Waals surface area contributed by atoms with Crippen molar-refractivity contribution in [1.29, 1.82) is 0 Å². The SMILES string of the molecule is CCc1ccccc1NC(=O)CN1CCN(c2nc(C)nc3sc(C)c(C)c23)CC1. The maximum Gasteiger partial charge on any atom is 0.238 e. The number of thiophene rings is 1. The van der Waals surface area contributed by atoms with Crippen molar-refractivity contribution in [3.63, 3.8) is 0 Å². The lowest BCUT2D eigenvalue weighted by Crippen LogP contribution is -2.49. The second-order valence-electron chi connectivity index (χ2n) is 7.88. The van der Waals surface area contributed by atoms with Crippen molar-refractivity contribution in [2.45, 2.75) is 34.1 Å². The molecule has 0 spiro atoms. The van der Waals surface area contributed by atoms with E-state index in [-0.39, 0.29) is 5.91 Å². The molecule has 0 saturated carbocycles. The van der Waals surface area contributed by atoms with Gasteiger partial charge in [0.25, 0.3) is 0 Å². The van der Waals surface area contributed by atoms with Gasteiger partial charge >= 0.3 is 0 Å². The van der Waals surface area contributed by atoms with E-state index in [1.54, 1.807) is 11.3 Å². The molecule has 2 aromatic heterocycles. The number of hydrogen-bond donors (Lipinski definition) is 1. The first kappa shape index (κ1) is 20.8. The molecule has 1 amide bonds. The molecule has 3 aromatic rings. The van der Waals surface area contributed by atoms with Crippen LogP contribution in [0, 0.1) is 20.8 Å². The van der Waals surface area contributed by atoms with Crippen LogP contribution < -0.4 is 10.2 Å². The van der Waals surface area contributed by atoms with E-state index in [4.69, 9.17) is 4.98 Å². The van der Waals surface area contributed by atoms with Crippen molar-refractivity contribution in [2.75, 3.05) is 42.9 Å². The van der Waals surface area contributed by atoms with Gasteiger partial charge in [0, 0.05) is 36.7 Å². The van der Waals surface area contributed by atoms with E-state index in [9.17, 15) is 4.79 Å². The zero-order chi connectivity index (χ0) is 21.3. The molecule has 7 heteroatoms. The lowest BCUT2D eigenvalue weighted by molar-refractivity contribution is -0.117. The zero-order valence-electron chi connectivity index (χ0n) is 18.2. The molecule has 1 aliphatic heterocycles. The van der Waals surface area contributed by atoms with E-state index < -0.39 is 0 Å². The largest absolute Gasteiger partial charge is 0.353 e. The fourth-order valence-electron chi connectivity index (χ4n) is 4.02. The van der Waals surface area contributed by atoms with Crippen molar-refractivity contribution in [3.05, 3.63) is 46.1 Å². The van der Waals surface area contributed by atoms with E-state index in [2.05, 4.69) is 46.9 Å². The van der Waals surface area contributed by atoms with Crippen molar-refractivity contribution in [3.8, 4) is 0 Å². The number of piperazine rings is 1. The summed E-state index contributed by atoms with van der Waals surface area (Å²) in [5.41, 5.74) is 3.37. The number of benzene rings is 1. The number of amides is 1. The molecule has 0 unspecified atom stereocenters. The summed E-state index contributed by atoms with van der Waals surface area (Å²) in [7, 11) is 0. The topological polar surface area (TPSA) is 61.4 Å². The Labute approximate surface area is 181 Å². The number of para-hydroxylation sites is 1. The maximum atomic E-state index is 12.6. The molecule has 0 radical (unpaired) electrons. The summed E-state index contributed by atoms with van der Waals surface area (Å²) in [6.45, 7) is 12.2. The van der Waals surface area contributed by atoms with Gasteiger partial charge in [-0.05, 0) is 44.4 Å². The van der Waals surface area contributed by atoms with Crippen molar-refractivity contribution in [2.24, 2.45) is 0 Å². The Bertz CT molecular complexity index is 1070. The molecular weight excluding hydrogens is 394 g/mol. The number of carbonyl (C=O) groups is 1. The first-order valence-corrected chi connectivity index (χ1v) is 11.4. The third kappa shape index (κ3) is 4.18. The normalized spacial score (nSPS) is 15.0. The van der Waals surface area contributed by atoms with Gasteiger partial charge in [0.05, 0.1) is 11.9 Å². The molecule has 1 N–H and O–H groups in total. The van der Waals surface area contributed by atoms with Crippen molar-refractivity contribution >= 4 is 39.0 Å². The standard InChI is InChI=1S/C23H29N5OS/c1-5-18-8-6-7-9-19(18)26-20(29)14-27-10-12-28(13-11-27)22-21-15(2)16(3)30-23(21)25-17(4)24-22/h6-9H,5,10-14H2,1-4H3,(H,26,29). The van der Waals surface area contributed by atoms with Crippen LogP contribution in [0.1, 0.15) is 28.8 Å². The molecule has 1 aromatic carbocycles. The Morgan fingerprint density at radius 2 is 1.83 bits per heavy atom. The summed E-state index contributed by atoms with van der Waals surface area (Å²) in [4.78, 5) is 28.9. The number of aromatic nitrogens is 2. The summed E-state index contributed by atoms with van der Waals surface area (Å²) in [5.74, 6) is 1.91. The average molecular weight is 424 g/mol. The van der Waals surface area contributed by atoms with Crippen LogP contribution in [0.15, 0.2) is 24.3 Å². The summed E-state index contributed by atoms with van der Waals surface area (Å²) < 4.78 is 0. The van der Waals surface area contributed by atoms with Crippen LogP contribution >= 0.6 is 11.3 Å². The molecular formula is C23H29N5OS. The minimum absolute atomic E-state index is 0.0499. The van der Waals surface area contributed by atoms with Gasteiger partial charge in [-0.25, -0.2) is 9.97 Å². The number of hydrogen-bond acceptors (Lipinski definition) is 6. The van der Waals surface area contributed by atoms with E-state index in [0.717, 1.165) is 54.8 Å². The quantitative estimate of drug-likeness (QED) is 0.674. The highest BCUT2D eigenvalue weighted by Crippen LogP contribution is 2.35. The Balaban J connectivity index is 1.41. The highest BCUT2D eigenvalue weighted by molar-refractivity contribution is 7.18. The fourth-order valence-corrected chi connectivity index (χ4v) is 5.09. The Kier molecular flexibility index (Phi) is 6.01. The molecule has 0 bridgehead atoms. The number of carbonyl (C=O) groups excluding carboxylic acids is 1. The zero-order valence-corrected chi connectivity index (χ0v) is 19.0. The number of anilines is 2. The second kappa shape index (κ2) is 8.70. The van der Waals surface area contributed by atoms with Gasteiger partial charge in [-0.3, -0.25) is 9.69 Å². The number of fused-ring (bicyclic) bond motifs is 1. The Hall–Kier alpha value is -2.51.